The highest BCUT2D eigenvalue weighted by molar-refractivity contribution is 5.76. The van der Waals surface area contributed by atoms with E-state index in [1.165, 1.54) is 6.20 Å². The van der Waals surface area contributed by atoms with E-state index in [2.05, 4.69) is 16.3 Å². The van der Waals surface area contributed by atoms with Crippen molar-refractivity contribution in [3.8, 4) is 22.9 Å². The Labute approximate surface area is 187 Å². The van der Waals surface area contributed by atoms with Crippen molar-refractivity contribution in [2.75, 3.05) is 20.2 Å². The molecule has 1 amide bonds. The number of carbonyl (C=O) groups is 1. The number of fused-ring (bicyclic) bond motifs is 1. The number of carbonyl (C=O) groups excluding carboxylic acids is 1. The zero-order chi connectivity index (χ0) is 23.0. The third-order valence-electron chi connectivity index (χ3n) is 5.67. The smallest absolute Gasteiger partial charge is 0.410 e. The number of nitrogens with zero attached hydrogens (tertiary/aromatic N) is 6. The van der Waals surface area contributed by atoms with Gasteiger partial charge in [0.1, 0.15) is 28.5 Å². The zero-order valence-electron chi connectivity index (χ0n) is 19.1. The molecule has 9 nitrogen and oxygen atoms in total. The molecule has 0 N–H and O–H groups in total. The summed E-state index contributed by atoms with van der Waals surface area (Å²) < 4.78 is 14.7. The van der Waals surface area contributed by atoms with Crippen molar-refractivity contribution in [3.63, 3.8) is 0 Å². The van der Waals surface area contributed by atoms with Crippen LogP contribution in [-0.2, 0) is 4.74 Å². The summed E-state index contributed by atoms with van der Waals surface area (Å²) in [6.45, 7) is 8.90. The second kappa shape index (κ2) is 8.19. The molecule has 9 heteroatoms. The van der Waals surface area contributed by atoms with Crippen LogP contribution in [-0.4, -0.2) is 56.2 Å². The Morgan fingerprint density at radius 3 is 2.75 bits per heavy atom. The number of likely N-dealkylation sites (tertiary alicyclic amines) is 1. The number of rotatable bonds is 3. The van der Waals surface area contributed by atoms with Crippen molar-refractivity contribution in [1.82, 2.24) is 24.3 Å². The largest absolute Gasteiger partial charge is 0.494 e. The fourth-order valence-electron chi connectivity index (χ4n) is 4.19. The summed E-state index contributed by atoms with van der Waals surface area (Å²) >= 11 is 0. The van der Waals surface area contributed by atoms with E-state index in [-0.39, 0.29) is 12.1 Å². The number of amides is 1. The Morgan fingerprint density at radius 2 is 2.06 bits per heavy atom. The maximum atomic E-state index is 12.6. The molecule has 3 aromatic heterocycles. The lowest BCUT2D eigenvalue weighted by Gasteiger charge is -2.34. The third kappa shape index (κ3) is 4.00. The van der Waals surface area contributed by atoms with Gasteiger partial charge in [-0.3, -0.25) is 4.68 Å². The summed E-state index contributed by atoms with van der Waals surface area (Å²) in [4.78, 5) is 14.3. The maximum absolute atomic E-state index is 12.6. The number of nitriles is 1. The number of aromatic nitrogens is 4. The minimum atomic E-state index is -0.519. The van der Waals surface area contributed by atoms with Gasteiger partial charge in [0.2, 0.25) is 0 Å². The van der Waals surface area contributed by atoms with Gasteiger partial charge in [-0.2, -0.15) is 15.5 Å². The first-order valence-electron chi connectivity index (χ1n) is 10.7. The van der Waals surface area contributed by atoms with E-state index in [1.54, 1.807) is 16.5 Å². The molecule has 0 saturated carbocycles. The summed E-state index contributed by atoms with van der Waals surface area (Å²) in [5, 5.41) is 18.3. The maximum Gasteiger partial charge on any atom is 0.410 e. The van der Waals surface area contributed by atoms with E-state index in [9.17, 15) is 10.1 Å². The molecule has 4 heterocycles. The predicted octanol–water partition coefficient (Wildman–Crippen LogP) is 3.96. The number of hydrogen-bond donors (Lipinski definition) is 0. The van der Waals surface area contributed by atoms with Gasteiger partial charge >= 0.3 is 6.09 Å². The molecule has 168 valence electrons. The van der Waals surface area contributed by atoms with Gasteiger partial charge in [-0.15, -0.1) is 0 Å². The second-order valence-electron chi connectivity index (χ2n) is 9.07. The minimum Gasteiger partial charge on any atom is -0.494 e. The summed E-state index contributed by atoms with van der Waals surface area (Å²) in [5.74, 6) is 0.581. The fraction of sp³-hybridized carbons (Fsp3) is 0.478. The van der Waals surface area contributed by atoms with Crippen LogP contribution in [0.2, 0.25) is 0 Å². The topological polar surface area (TPSA) is 97.7 Å². The molecule has 0 aromatic carbocycles. The Hall–Kier alpha value is -3.54. The molecule has 0 unspecified atom stereocenters. The van der Waals surface area contributed by atoms with Gasteiger partial charge in [0.25, 0.3) is 0 Å². The standard InChI is InChI=1S/C23H28N6O3/c1-15-19(16-9-20(31-5)21-17(10-24)11-25-28(21)13-16)12-26-29(15)18-7-6-8-27(14-18)22(30)32-23(2,3)4/h9,11-13,18H,6-8,14H2,1-5H3/t18-/m0/s1. The van der Waals surface area contributed by atoms with Crippen LogP contribution < -0.4 is 4.74 Å². The molecule has 1 fully saturated rings. The predicted molar refractivity (Wildman–Crippen MR) is 118 cm³/mol. The van der Waals surface area contributed by atoms with Crippen LogP contribution in [0.3, 0.4) is 0 Å². The molecule has 1 saturated heterocycles. The number of methoxy groups -OCH3 is 1. The van der Waals surface area contributed by atoms with E-state index in [0.29, 0.717) is 29.9 Å². The Bertz CT molecular complexity index is 1200. The summed E-state index contributed by atoms with van der Waals surface area (Å²) in [6.07, 6.45) is 6.79. The second-order valence-corrected chi connectivity index (χ2v) is 9.07. The first-order chi connectivity index (χ1) is 15.2. The van der Waals surface area contributed by atoms with Crippen LogP contribution in [0.4, 0.5) is 4.79 Å². The van der Waals surface area contributed by atoms with Crippen LogP contribution in [0.5, 0.6) is 5.75 Å². The Morgan fingerprint density at radius 1 is 1.28 bits per heavy atom. The summed E-state index contributed by atoms with van der Waals surface area (Å²) in [5.41, 5.74) is 3.43. The normalized spacial score (nSPS) is 16.8. The van der Waals surface area contributed by atoms with Gasteiger partial charge in [-0.05, 0) is 46.6 Å². The number of pyridine rings is 1. The molecule has 0 spiro atoms. The fourth-order valence-corrected chi connectivity index (χ4v) is 4.19. The number of hydrogen-bond acceptors (Lipinski definition) is 6. The number of ether oxygens (including phenoxy) is 2. The number of piperidine rings is 1. The van der Waals surface area contributed by atoms with Gasteiger partial charge < -0.3 is 14.4 Å². The molecule has 0 radical (unpaired) electrons. The third-order valence-corrected chi connectivity index (χ3v) is 5.67. The van der Waals surface area contributed by atoms with Crippen LogP contribution >= 0.6 is 0 Å². The molecule has 0 bridgehead atoms. The lowest BCUT2D eigenvalue weighted by Crippen LogP contribution is -2.43. The van der Waals surface area contributed by atoms with E-state index < -0.39 is 5.60 Å². The van der Waals surface area contributed by atoms with Crippen molar-refractivity contribution in [1.29, 1.82) is 5.26 Å². The molecular weight excluding hydrogens is 408 g/mol. The van der Waals surface area contributed by atoms with Crippen LogP contribution in [0.15, 0.2) is 24.7 Å². The van der Waals surface area contributed by atoms with Gasteiger partial charge in [-0.25, -0.2) is 9.31 Å². The van der Waals surface area contributed by atoms with E-state index in [1.807, 2.05) is 50.8 Å². The van der Waals surface area contributed by atoms with Gasteiger partial charge in [0.05, 0.1) is 25.5 Å². The van der Waals surface area contributed by atoms with Crippen LogP contribution in [0.1, 0.15) is 50.9 Å². The quantitative estimate of drug-likeness (QED) is 0.616. The van der Waals surface area contributed by atoms with Gasteiger partial charge in [0, 0.05) is 36.1 Å². The monoisotopic (exact) mass is 436 g/mol. The SMILES string of the molecule is COc1cc(-c2cnn([C@H]3CCCN(C(=O)OC(C)(C)C)C3)c2C)cn2ncc(C#N)c12. The summed E-state index contributed by atoms with van der Waals surface area (Å²) in [7, 11) is 1.58. The molecule has 1 aliphatic heterocycles. The van der Waals surface area contributed by atoms with Crippen molar-refractivity contribution in [2.45, 2.75) is 52.2 Å². The minimum absolute atomic E-state index is 0.0746. The van der Waals surface area contributed by atoms with Crippen molar-refractivity contribution >= 4 is 11.6 Å². The van der Waals surface area contributed by atoms with Gasteiger partial charge in [-0.1, -0.05) is 0 Å². The average molecular weight is 437 g/mol. The van der Waals surface area contributed by atoms with E-state index >= 15 is 0 Å². The molecule has 1 aliphatic rings. The van der Waals surface area contributed by atoms with Crippen LogP contribution in [0.25, 0.3) is 16.6 Å². The molecule has 3 aromatic rings. The first-order valence-corrected chi connectivity index (χ1v) is 10.7. The van der Waals surface area contributed by atoms with E-state index in [4.69, 9.17) is 9.47 Å². The van der Waals surface area contributed by atoms with E-state index in [0.717, 1.165) is 29.7 Å². The highest BCUT2D eigenvalue weighted by atomic mass is 16.6. The van der Waals surface area contributed by atoms with Crippen LogP contribution in [0, 0.1) is 18.3 Å². The van der Waals surface area contributed by atoms with Crippen molar-refractivity contribution in [2.24, 2.45) is 0 Å². The lowest BCUT2D eigenvalue weighted by atomic mass is 10.0. The van der Waals surface area contributed by atoms with Crippen molar-refractivity contribution in [3.05, 3.63) is 35.9 Å². The molecule has 4 rings (SSSR count). The molecule has 0 aliphatic carbocycles. The molecule has 1 atom stereocenters. The average Bonchev–Trinajstić information content (AvgIpc) is 3.35. The molecular formula is C23H28N6O3. The zero-order valence-corrected chi connectivity index (χ0v) is 19.1. The Balaban J connectivity index is 1.63. The first kappa shape index (κ1) is 21.7. The summed E-state index contributed by atoms with van der Waals surface area (Å²) in [6, 6.07) is 4.12. The van der Waals surface area contributed by atoms with Crippen molar-refractivity contribution < 1.29 is 14.3 Å². The molecule has 32 heavy (non-hydrogen) atoms. The highest BCUT2D eigenvalue weighted by Crippen LogP contribution is 2.33. The Kier molecular flexibility index (Phi) is 5.55. The van der Waals surface area contributed by atoms with Gasteiger partial charge in [0.15, 0.2) is 0 Å². The highest BCUT2D eigenvalue weighted by Gasteiger charge is 2.30. The lowest BCUT2D eigenvalue weighted by molar-refractivity contribution is 0.0166.